The number of benzene rings is 2. The van der Waals surface area contributed by atoms with Crippen LogP contribution in [0.15, 0.2) is 36.4 Å². The highest BCUT2D eigenvalue weighted by atomic mass is 127. The van der Waals surface area contributed by atoms with Gasteiger partial charge in [-0.3, -0.25) is 0 Å². The van der Waals surface area contributed by atoms with Crippen LogP contribution in [0.4, 0.5) is 29.3 Å². The molecule has 0 aromatic heterocycles. The fourth-order valence-corrected chi connectivity index (χ4v) is 2.52. The number of hydrogen-bond acceptors (Lipinski definition) is 1. The van der Waals surface area contributed by atoms with E-state index >= 15 is 0 Å². The molecule has 2 aromatic rings. The van der Waals surface area contributed by atoms with E-state index in [1.54, 1.807) is 12.1 Å². The number of aryl methyl sites for hydroxylation is 1. The van der Waals surface area contributed by atoms with E-state index in [2.05, 4.69) is 33.2 Å². The Labute approximate surface area is 149 Å². The molecule has 2 rings (SSSR count). The molecule has 0 aliphatic carbocycles. The first kappa shape index (κ1) is 17.9. The first-order chi connectivity index (χ1) is 10.7. The topological polar surface area (TPSA) is 41.1 Å². The molecule has 122 valence electrons. The standard InChI is InChI=1S/C15H11ClF3IN2O/c1-8-2-3-10(7-13(8)20)22-14(23)21-9-4-5-12(16)11(6-9)15(17,18)19/h2-7H,1H3,(H2,21,22,23). The lowest BCUT2D eigenvalue weighted by molar-refractivity contribution is -0.137. The van der Waals surface area contributed by atoms with Gasteiger partial charge in [0.2, 0.25) is 0 Å². The van der Waals surface area contributed by atoms with Crippen molar-refractivity contribution in [2.75, 3.05) is 10.6 Å². The Morgan fingerprint density at radius 3 is 2.22 bits per heavy atom. The minimum atomic E-state index is -4.59. The maximum atomic E-state index is 12.8. The number of hydrogen-bond donors (Lipinski definition) is 2. The average molecular weight is 455 g/mol. The number of anilines is 2. The van der Waals surface area contributed by atoms with E-state index in [1.807, 2.05) is 13.0 Å². The van der Waals surface area contributed by atoms with Gasteiger partial charge in [-0.1, -0.05) is 17.7 Å². The Balaban J connectivity index is 2.12. The van der Waals surface area contributed by atoms with Crippen LogP contribution in [0.25, 0.3) is 0 Å². The molecule has 0 fully saturated rings. The van der Waals surface area contributed by atoms with Crippen LogP contribution in [0, 0.1) is 10.5 Å². The van der Waals surface area contributed by atoms with E-state index in [0.717, 1.165) is 21.3 Å². The van der Waals surface area contributed by atoms with Gasteiger partial charge < -0.3 is 10.6 Å². The summed E-state index contributed by atoms with van der Waals surface area (Å²) in [4.78, 5) is 11.9. The molecule has 0 bridgehead atoms. The molecule has 0 aliphatic rings. The van der Waals surface area contributed by atoms with E-state index in [0.29, 0.717) is 5.69 Å². The van der Waals surface area contributed by atoms with Gasteiger partial charge in [0.25, 0.3) is 0 Å². The second kappa shape index (κ2) is 6.96. The van der Waals surface area contributed by atoms with Gasteiger partial charge in [0.15, 0.2) is 0 Å². The lowest BCUT2D eigenvalue weighted by Crippen LogP contribution is -2.20. The first-order valence-corrected chi connectivity index (χ1v) is 7.83. The molecule has 0 aliphatic heterocycles. The van der Waals surface area contributed by atoms with Crippen LogP contribution in [0.2, 0.25) is 5.02 Å². The second-order valence-electron chi connectivity index (χ2n) is 4.74. The molecule has 23 heavy (non-hydrogen) atoms. The van der Waals surface area contributed by atoms with Crippen molar-refractivity contribution in [3.05, 3.63) is 56.1 Å². The monoisotopic (exact) mass is 454 g/mol. The zero-order valence-electron chi connectivity index (χ0n) is 11.8. The highest BCUT2D eigenvalue weighted by Gasteiger charge is 2.33. The summed E-state index contributed by atoms with van der Waals surface area (Å²) in [7, 11) is 0. The van der Waals surface area contributed by atoms with Crippen molar-refractivity contribution in [3.63, 3.8) is 0 Å². The predicted octanol–water partition coefficient (Wildman–Crippen LogP) is 5.92. The largest absolute Gasteiger partial charge is 0.417 e. The smallest absolute Gasteiger partial charge is 0.308 e. The van der Waals surface area contributed by atoms with Gasteiger partial charge in [0.05, 0.1) is 10.6 Å². The van der Waals surface area contributed by atoms with Gasteiger partial charge in [0, 0.05) is 14.9 Å². The summed E-state index contributed by atoms with van der Waals surface area (Å²) >= 11 is 7.66. The Hall–Kier alpha value is -1.48. The number of urea groups is 1. The SMILES string of the molecule is Cc1ccc(NC(=O)Nc2ccc(Cl)c(C(F)(F)F)c2)cc1I. The maximum Gasteiger partial charge on any atom is 0.417 e. The number of rotatable bonds is 2. The van der Waals surface area contributed by atoms with E-state index in [1.165, 1.54) is 6.07 Å². The number of nitrogens with one attached hydrogen (secondary N) is 2. The third-order valence-corrected chi connectivity index (χ3v) is 4.45. The number of halogens is 5. The molecule has 2 amide bonds. The minimum absolute atomic E-state index is 0.000957. The molecule has 0 radical (unpaired) electrons. The van der Waals surface area contributed by atoms with Crippen LogP contribution in [0.1, 0.15) is 11.1 Å². The summed E-state index contributed by atoms with van der Waals surface area (Å²) in [5.74, 6) is 0. The number of carbonyl (C=O) groups excluding carboxylic acids is 1. The van der Waals surface area contributed by atoms with Crippen molar-refractivity contribution in [2.45, 2.75) is 13.1 Å². The molecule has 0 heterocycles. The van der Waals surface area contributed by atoms with Crippen molar-refractivity contribution in [2.24, 2.45) is 0 Å². The molecular formula is C15H11ClF3IN2O. The number of carbonyl (C=O) groups is 1. The van der Waals surface area contributed by atoms with Crippen LogP contribution in [-0.4, -0.2) is 6.03 Å². The summed E-state index contributed by atoms with van der Waals surface area (Å²) in [5, 5.41) is 4.50. The van der Waals surface area contributed by atoms with E-state index in [4.69, 9.17) is 11.6 Å². The Kier molecular flexibility index (Phi) is 5.41. The third kappa shape index (κ3) is 4.74. The Bertz CT molecular complexity index is 750. The molecule has 3 nitrogen and oxygen atoms in total. The molecule has 0 spiro atoms. The Morgan fingerprint density at radius 1 is 1.09 bits per heavy atom. The van der Waals surface area contributed by atoms with Crippen molar-refractivity contribution < 1.29 is 18.0 Å². The molecule has 2 aromatic carbocycles. The molecule has 0 atom stereocenters. The molecule has 2 N–H and O–H groups in total. The van der Waals surface area contributed by atoms with Gasteiger partial charge in [0.1, 0.15) is 0 Å². The predicted molar refractivity (Wildman–Crippen MR) is 93.0 cm³/mol. The summed E-state index contributed by atoms with van der Waals surface area (Å²) in [6.07, 6.45) is -4.59. The van der Waals surface area contributed by atoms with E-state index in [9.17, 15) is 18.0 Å². The molecule has 8 heteroatoms. The molecule has 0 unspecified atom stereocenters. The Morgan fingerprint density at radius 2 is 1.65 bits per heavy atom. The van der Waals surface area contributed by atoms with Crippen LogP contribution in [0.5, 0.6) is 0 Å². The van der Waals surface area contributed by atoms with Gasteiger partial charge >= 0.3 is 12.2 Å². The normalized spacial score (nSPS) is 11.2. The zero-order chi connectivity index (χ0) is 17.2. The maximum absolute atomic E-state index is 12.8. The van der Waals surface area contributed by atoms with E-state index < -0.39 is 22.8 Å². The average Bonchev–Trinajstić information content (AvgIpc) is 2.44. The quantitative estimate of drug-likeness (QED) is 0.544. The zero-order valence-corrected chi connectivity index (χ0v) is 14.7. The summed E-state index contributed by atoms with van der Waals surface area (Å²) < 4.78 is 39.3. The summed E-state index contributed by atoms with van der Waals surface area (Å²) in [6, 6.07) is 7.85. The third-order valence-electron chi connectivity index (χ3n) is 2.96. The van der Waals surface area contributed by atoms with Crippen LogP contribution in [0.3, 0.4) is 0 Å². The van der Waals surface area contributed by atoms with E-state index in [-0.39, 0.29) is 5.69 Å². The lowest BCUT2D eigenvalue weighted by atomic mass is 10.2. The number of alkyl halides is 3. The fraction of sp³-hybridized carbons (Fsp3) is 0.133. The fourth-order valence-electron chi connectivity index (χ4n) is 1.78. The lowest BCUT2D eigenvalue weighted by Gasteiger charge is -2.12. The molecular weight excluding hydrogens is 444 g/mol. The highest BCUT2D eigenvalue weighted by Crippen LogP contribution is 2.36. The van der Waals surface area contributed by atoms with Crippen LogP contribution in [-0.2, 0) is 6.18 Å². The summed E-state index contributed by atoms with van der Waals surface area (Å²) in [5.41, 5.74) is 0.606. The van der Waals surface area contributed by atoms with Gasteiger partial charge in [-0.05, 0) is 65.4 Å². The molecule has 0 saturated carbocycles. The highest BCUT2D eigenvalue weighted by molar-refractivity contribution is 14.1. The second-order valence-corrected chi connectivity index (χ2v) is 6.30. The summed E-state index contributed by atoms with van der Waals surface area (Å²) in [6.45, 7) is 1.93. The van der Waals surface area contributed by atoms with Gasteiger partial charge in [-0.25, -0.2) is 4.79 Å². The van der Waals surface area contributed by atoms with Crippen molar-refractivity contribution in [3.8, 4) is 0 Å². The van der Waals surface area contributed by atoms with Crippen molar-refractivity contribution in [1.82, 2.24) is 0 Å². The van der Waals surface area contributed by atoms with Gasteiger partial charge in [-0.2, -0.15) is 13.2 Å². The van der Waals surface area contributed by atoms with Crippen LogP contribution < -0.4 is 10.6 Å². The van der Waals surface area contributed by atoms with Crippen molar-refractivity contribution in [1.29, 1.82) is 0 Å². The van der Waals surface area contributed by atoms with Crippen molar-refractivity contribution >= 4 is 51.6 Å². The number of amides is 2. The van der Waals surface area contributed by atoms with Gasteiger partial charge in [-0.15, -0.1) is 0 Å². The first-order valence-electron chi connectivity index (χ1n) is 6.38. The molecule has 0 saturated heterocycles. The minimum Gasteiger partial charge on any atom is -0.308 e. The van der Waals surface area contributed by atoms with Crippen LogP contribution >= 0.6 is 34.2 Å².